The topological polar surface area (TPSA) is 50.4 Å². The second-order valence-electron chi connectivity index (χ2n) is 6.16. The molecule has 3 rings (SSSR count). The van der Waals surface area contributed by atoms with Gasteiger partial charge >= 0.3 is 0 Å². The zero-order valence-electron chi connectivity index (χ0n) is 15.0. The van der Waals surface area contributed by atoms with E-state index in [1.165, 1.54) is 0 Å². The van der Waals surface area contributed by atoms with Crippen LogP contribution in [0.15, 0.2) is 72.8 Å². The van der Waals surface area contributed by atoms with Crippen LogP contribution in [0.3, 0.4) is 0 Å². The van der Waals surface area contributed by atoms with Crippen molar-refractivity contribution in [3.63, 3.8) is 0 Å². The first-order valence-electron chi connectivity index (χ1n) is 8.67. The molecule has 0 bridgehead atoms. The molecule has 0 aliphatic rings. The van der Waals surface area contributed by atoms with Crippen molar-refractivity contribution in [2.24, 2.45) is 0 Å². The second-order valence-corrected chi connectivity index (χ2v) is 6.57. The lowest BCUT2D eigenvalue weighted by atomic mass is 10.2. The van der Waals surface area contributed by atoms with E-state index in [4.69, 9.17) is 16.3 Å². The molecule has 0 radical (unpaired) electrons. The molecule has 5 heteroatoms. The number of anilines is 2. The predicted octanol–water partition coefficient (Wildman–Crippen LogP) is 5.28. The van der Waals surface area contributed by atoms with E-state index >= 15 is 0 Å². The van der Waals surface area contributed by atoms with Gasteiger partial charge in [0.1, 0.15) is 12.4 Å². The van der Waals surface area contributed by atoms with Gasteiger partial charge in [0.05, 0.1) is 6.54 Å². The molecule has 0 fully saturated rings. The quantitative estimate of drug-likeness (QED) is 0.586. The number of benzene rings is 3. The highest BCUT2D eigenvalue weighted by atomic mass is 35.5. The first-order chi connectivity index (χ1) is 13.1. The van der Waals surface area contributed by atoms with E-state index in [1.54, 1.807) is 0 Å². The average Bonchev–Trinajstić information content (AvgIpc) is 2.69. The molecule has 4 nitrogen and oxygen atoms in total. The van der Waals surface area contributed by atoms with Crippen molar-refractivity contribution in [2.75, 3.05) is 17.2 Å². The van der Waals surface area contributed by atoms with Crippen LogP contribution in [0.2, 0.25) is 5.02 Å². The molecule has 2 N–H and O–H groups in total. The third-order valence-electron chi connectivity index (χ3n) is 4.01. The maximum absolute atomic E-state index is 12.1. The van der Waals surface area contributed by atoms with Gasteiger partial charge in [-0.1, -0.05) is 48.0 Å². The van der Waals surface area contributed by atoms with E-state index < -0.39 is 0 Å². The van der Waals surface area contributed by atoms with Crippen molar-refractivity contribution in [1.29, 1.82) is 0 Å². The van der Waals surface area contributed by atoms with Gasteiger partial charge in [0.2, 0.25) is 5.91 Å². The highest BCUT2D eigenvalue weighted by Crippen LogP contribution is 2.20. The normalized spacial score (nSPS) is 10.3. The number of carbonyl (C=O) groups is 1. The van der Waals surface area contributed by atoms with Gasteiger partial charge in [-0.25, -0.2) is 0 Å². The molecule has 3 aromatic rings. The van der Waals surface area contributed by atoms with Crippen molar-refractivity contribution >= 4 is 28.9 Å². The molecule has 0 spiro atoms. The van der Waals surface area contributed by atoms with Crippen LogP contribution in [0, 0.1) is 6.92 Å². The fourth-order valence-corrected chi connectivity index (χ4v) is 2.65. The van der Waals surface area contributed by atoms with Crippen LogP contribution < -0.4 is 15.4 Å². The lowest BCUT2D eigenvalue weighted by Crippen LogP contribution is -2.21. The SMILES string of the molecule is Cc1ccc(NCC(=O)Nc2ccc(OCc3ccccc3)cc2)cc1Cl. The maximum atomic E-state index is 12.1. The first kappa shape index (κ1) is 18.8. The number of amides is 1. The minimum absolute atomic E-state index is 0.135. The Kier molecular flexibility index (Phi) is 6.34. The van der Waals surface area contributed by atoms with Gasteiger partial charge in [-0.15, -0.1) is 0 Å². The number of hydrogen-bond donors (Lipinski definition) is 2. The second kappa shape index (κ2) is 9.10. The summed E-state index contributed by atoms with van der Waals surface area (Å²) in [5.74, 6) is 0.619. The summed E-state index contributed by atoms with van der Waals surface area (Å²) in [6, 6.07) is 22.9. The van der Waals surface area contributed by atoms with Crippen LogP contribution >= 0.6 is 11.6 Å². The fourth-order valence-electron chi connectivity index (χ4n) is 2.47. The minimum Gasteiger partial charge on any atom is -0.489 e. The van der Waals surface area contributed by atoms with E-state index in [1.807, 2.05) is 79.7 Å². The zero-order valence-corrected chi connectivity index (χ0v) is 15.8. The smallest absolute Gasteiger partial charge is 0.243 e. The Labute approximate surface area is 164 Å². The van der Waals surface area contributed by atoms with Crippen LogP contribution in [-0.4, -0.2) is 12.5 Å². The molecule has 0 heterocycles. The Morgan fingerprint density at radius 1 is 0.963 bits per heavy atom. The van der Waals surface area contributed by atoms with E-state index in [2.05, 4.69) is 10.6 Å². The molecule has 1 amide bonds. The predicted molar refractivity (Wildman–Crippen MR) is 111 cm³/mol. The lowest BCUT2D eigenvalue weighted by Gasteiger charge is -2.10. The van der Waals surface area contributed by atoms with Crippen molar-refractivity contribution in [3.05, 3.63) is 88.9 Å². The van der Waals surface area contributed by atoms with E-state index in [9.17, 15) is 4.79 Å². The van der Waals surface area contributed by atoms with Gasteiger partial charge in [-0.05, 0) is 54.4 Å². The average molecular weight is 381 g/mol. The van der Waals surface area contributed by atoms with Crippen molar-refractivity contribution in [1.82, 2.24) is 0 Å². The number of carbonyl (C=O) groups excluding carboxylic acids is 1. The van der Waals surface area contributed by atoms with E-state index in [0.29, 0.717) is 11.6 Å². The monoisotopic (exact) mass is 380 g/mol. The van der Waals surface area contributed by atoms with Gasteiger partial charge in [-0.2, -0.15) is 0 Å². The van der Waals surface area contributed by atoms with E-state index in [-0.39, 0.29) is 12.5 Å². The zero-order chi connectivity index (χ0) is 19.1. The number of ether oxygens (including phenoxy) is 1. The Balaban J connectivity index is 1.47. The molecule has 27 heavy (non-hydrogen) atoms. The lowest BCUT2D eigenvalue weighted by molar-refractivity contribution is -0.114. The summed E-state index contributed by atoms with van der Waals surface area (Å²) in [5.41, 5.74) is 3.64. The van der Waals surface area contributed by atoms with Crippen LogP contribution in [0.5, 0.6) is 5.75 Å². The first-order valence-corrected chi connectivity index (χ1v) is 9.04. The molecule has 0 aliphatic heterocycles. The van der Waals surface area contributed by atoms with Gasteiger partial charge in [-0.3, -0.25) is 4.79 Å². The molecular formula is C22H21ClN2O2. The minimum atomic E-state index is -0.135. The third kappa shape index (κ3) is 5.76. The van der Waals surface area contributed by atoms with Gasteiger partial charge in [0, 0.05) is 16.4 Å². The van der Waals surface area contributed by atoms with Crippen molar-refractivity contribution < 1.29 is 9.53 Å². The van der Waals surface area contributed by atoms with Gasteiger partial charge < -0.3 is 15.4 Å². The molecule has 0 aromatic heterocycles. The summed E-state index contributed by atoms with van der Waals surface area (Å²) in [7, 11) is 0. The maximum Gasteiger partial charge on any atom is 0.243 e. The molecule has 0 unspecified atom stereocenters. The highest BCUT2D eigenvalue weighted by Gasteiger charge is 2.04. The third-order valence-corrected chi connectivity index (χ3v) is 4.42. The van der Waals surface area contributed by atoms with Crippen molar-refractivity contribution in [3.8, 4) is 5.75 Å². The summed E-state index contributed by atoms with van der Waals surface area (Å²) in [4.78, 5) is 12.1. The largest absolute Gasteiger partial charge is 0.489 e. The molecule has 0 saturated carbocycles. The number of halogens is 1. The highest BCUT2D eigenvalue weighted by molar-refractivity contribution is 6.31. The summed E-state index contributed by atoms with van der Waals surface area (Å²) >= 11 is 6.09. The summed E-state index contributed by atoms with van der Waals surface area (Å²) in [5, 5.41) is 6.58. The molecule has 0 aliphatic carbocycles. The van der Waals surface area contributed by atoms with E-state index in [0.717, 1.165) is 28.3 Å². The Morgan fingerprint density at radius 3 is 2.37 bits per heavy atom. The van der Waals surface area contributed by atoms with Gasteiger partial charge in [0.15, 0.2) is 0 Å². The number of aryl methyl sites for hydroxylation is 1. The Morgan fingerprint density at radius 2 is 1.67 bits per heavy atom. The molecule has 0 saturated heterocycles. The Bertz CT molecular complexity index is 896. The molecule has 0 atom stereocenters. The molecule has 3 aromatic carbocycles. The summed E-state index contributed by atoms with van der Waals surface area (Å²) in [6.45, 7) is 2.60. The summed E-state index contributed by atoms with van der Waals surface area (Å²) < 4.78 is 5.74. The van der Waals surface area contributed by atoms with Gasteiger partial charge in [0.25, 0.3) is 0 Å². The number of hydrogen-bond acceptors (Lipinski definition) is 3. The number of rotatable bonds is 7. The van der Waals surface area contributed by atoms with Crippen molar-refractivity contribution in [2.45, 2.75) is 13.5 Å². The van der Waals surface area contributed by atoms with Crippen LogP contribution in [-0.2, 0) is 11.4 Å². The van der Waals surface area contributed by atoms with Crippen LogP contribution in [0.25, 0.3) is 0 Å². The number of nitrogens with one attached hydrogen (secondary N) is 2. The molecular weight excluding hydrogens is 360 g/mol. The molecule has 138 valence electrons. The fraction of sp³-hybridized carbons (Fsp3) is 0.136. The summed E-state index contributed by atoms with van der Waals surface area (Å²) in [6.07, 6.45) is 0. The standard InChI is InChI=1S/C22H21ClN2O2/c1-16-7-8-19(13-21(16)23)24-14-22(26)25-18-9-11-20(12-10-18)27-15-17-5-3-2-4-6-17/h2-13,24H,14-15H2,1H3,(H,25,26). The van der Waals surface area contributed by atoms with Crippen LogP contribution in [0.4, 0.5) is 11.4 Å². The Hall–Kier alpha value is -2.98. The van der Waals surface area contributed by atoms with Crippen LogP contribution in [0.1, 0.15) is 11.1 Å².